The van der Waals surface area contributed by atoms with E-state index >= 15 is 0 Å². The number of halogens is 1. The molecule has 0 atom stereocenters. The Hall–Kier alpha value is -2.00. The van der Waals surface area contributed by atoms with Crippen LogP contribution in [0.3, 0.4) is 0 Å². The Morgan fingerprint density at radius 1 is 1.16 bits per heavy atom. The number of methoxy groups -OCH3 is 1. The van der Waals surface area contributed by atoms with Gasteiger partial charge in [0, 0.05) is 6.07 Å². The lowest BCUT2D eigenvalue weighted by Gasteiger charge is -2.06. The molecule has 0 saturated carbocycles. The van der Waals surface area contributed by atoms with E-state index in [1.807, 2.05) is 41.0 Å². The number of ether oxygens (including phenoxy) is 1. The van der Waals surface area contributed by atoms with Gasteiger partial charge in [-0.05, 0) is 29.3 Å². The minimum Gasteiger partial charge on any atom is -0.497 e. The van der Waals surface area contributed by atoms with Crippen LogP contribution in [0, 0.1) is 0 Å². The molecular formula is C15H13ClN2O. The summed E-state index contributed by atoms with van der Waals surface area (Å²) in [6.07, 6.45) is 0. The van der Waals surface area contributed by atoms with Crippen molar-refractivity contribution in [3.63, 3.8) is 0 Å². The molecule has 19 heavy (non-hydrogen) atoms. The van der Waals surface area contributed by atoms with Crippen molar-refractivity contribution in [3.05, 3.63) is 59.4 Å². The highest BCUT2D eigenvalue weighted by Crippen LogP contribution is 2.25. The van der Waals surface area contributed by atoms with Crippen LogP contribution in [0.15, 0.2) is 48.5 Å². The monoisotopic (exact) mass is 272 g/mol. The summed E-state index contributed by atoms with van der Waals surface area (Å²) in [5, 5.41) is 0.493. The molecule has 0 unspecified atom stereocenters. The van der Waals surface area contributed by atoms with Crippen LogP contribution in [-0.4, -0.2) is 16.7 Å². The predicted molar refractivity (Wildman–Crippen MR) is 76.8 cm³/mol. The Morgan fingerprint density at radius 3 is 2.68 bits per heavy atom. The molecule has 0 saturated heterocycles. The van der Waals surface area contributed by atoms with Crippen molar-refractivity contribution in [2.24, 2.45) is 0 Å². The summed E-state index contributed by atoms with van der Waals surface area (Å²) in [6, 6.07) is 15.9. The first kappa shape index (κ1) is 12.1. The summed E-state index contributed by atoms with van der Waals surface area (Å²) < 4.78 is 7.23. The fourth-order valence-electron chi connectivity index (χ4n) is 2.12. The van der Waals surface area contributed by atoms with E-state index in [1.165, 1.54) is 5.56 Å². The van der Waals surface area contributed by atoms with Crippen molar-refractivity contribution in [2.45, 2.75) is 6.54 Å². The van der Waals surface area contributed by atoms with E-state index in [4.69, 9.17) is 16.3 Å². The molecule has 0 N–H and O–H groups in total. The van der Waals surface area contributed by atoms with E-state index in [-0.39, 0.29) is 0 Å². The molecule has 3 aromatic rings. The second-order valence-electron chi connectivity index (χ2n) is 4.31. The largest absolute Gasteiger partial charge is 0.497 e. The quantitative estimate of drug-likeness (QED) is 0.726. The number of hydrogen-bond donors (Lipinski definition) is 0. The summed E-state index contributed by atoms with van der Waals surface area (Å²) >= 11 is 6.22. The van der Waals surface area contributed by atoms with Crippen molar-refractivity contribution in [2.75, 3.05) is 7.11 Å². The fourth-order valence-corrected chi connectivity index (χ4v) is 2.36. The van der Waals surface area contributed by atoms with Gasteiger partial charge in [-0.1, -0.05) is 30.3 Å². The lowest BCUT2D eigenvalue weighted by atomic mass is 10.2. The third kappa shape index (κ3) is 2.29. The smallest absolute Gasteiger partial charge is 0.204 e. The average Bonchev–Trinajstić information content (AvgIpc) is 2.76. The zero-order chi connectivity index (χ0) is 13.2. The van der Waals surface area contributed by atoms with E-state index in [9.17, 15) is 0 Å². The van der Waals surface area contributed by atoms with Gasteiger partial charge in [0.2, 0.25) is 5.28 Å². The van der Waals surface area contributed by atoms with Crippen LogP contribution in [0.2, 0.25) is 5.28 Å². The molecule has 0 aliphatic heterocycles. The molecule has 96 valence electrons. The minimum atomic E-state index is 0.493. The van der Waals surface area contributed by atoms with Crippen LogP contribution in [0.1, 0.15) is 5.56 Å². The Kier molecular flexibility index (Phi) is 3.13. The van der Waals surface area contributed by atoms with Crippen LogP contribution >= 0.6 is 11.6 Å². The van der Waals surface area contributed by atoms with Gasteiger partial charge in [-0.15, -0.1) is 0 Å². The zero-order valence-corrected chi connectivity index (χ0v) is 11.3. The Bertz CT molecular complexity index is 707. The number of rotatable bonds is 3. The van der Waals surface area contributed by atoms with Crippen LogP contribution in [-0.2, 0) is 6.54 Å². The maximum absolute atomic E-state index is 6.22. The van der Waals surface area contributed by atoms with Crippen molar-refractivity contribution in [1.29, 1.82) is 0 Å². The second-order valence-corrected chi connectivity index (χ2v) is 4.65. The van der Waals surface area contributed by atoms with Crippen LogP contribution in [0.4, 0.5) is 0 Å². The van der Waals surface area contributed by atoms with Gasteiger partial charge in [-0.2, -0.15) is 0 Å². The standard InChI is InChI=1S/C15H13ClN2O/c1-19-12-7-8-13-14(9-12)18(15(16)17-13)10-11-5-3-2-4-6-11/h2-9H,10H2,1H3. The van der Waals surface area contributed by atoms with Crippen molar-refractivity contribution >= 4 is 22.6 Å². The molecule has 0 amide bonds. The number of nitrogens with zero attached hydrogens (tertiary/aromatic N) is 2. The van der Waals surface area contributed by atoms with Crippen molar-refractivity contribution in [1.82, 2.24) is 9.55 Å². The summed E-state index contributed by atoms with van der Waals surface area (Å²) in [5.74, 6) is 0.804. The Balaban J connectivity index is 2.09. The van der Waals surface area contributed by atoms with Gasteiger partial charge in [-0.3, -0.25) is 0 Å². The Labute approximate surface area is 116 Å². The third-order valence-corrected chi connectivity index (χ3v) is 3.38. The molecule has 4 heteroatoms. The number of benzene rings is 2. The maximum Gasteiger partial charge on any atom is 0.204 e. The molecule has 1 aromatic heterocycles. The highest BCUT2D eigenvalue weighted by Gasteiger charge is 2.10. The molecular weight excluding hydrogens is 260 g/mol. The normalized spacial score (nSPS) is 10.8. The van der Waals surface area contributed by atoms with Gasteiger partial charge in [0.15, 0.2) is 0 Å². The highest BCUT2D eigenvalue weighted by molar-refractivity contribution is 6.29. The Morgan fingerprint density at radius 2 is 1.95 bits per heavy atom. The topological polar surface area (TPSA) is 27.1 Å². The molecule has 2 aromatic carbocycles. The summed E-state index contributed by atoms with van der Waals surface area (Å²) in [7, 11) is 1.65. The third-order valence-electron chi connectivity index (χ3n) is 3.09. The molecule has 0 aliphatic carbocycles. The first-order chi connectivity index (χ1) is 9.28. The average molecular weight is 273 g/mol. The van der Waals surface area contributed by atoms with Gasteiger partial charge in [0.1, 0.15) is 5.75 Å². The number of hydrogen-bond acceptors (Lipinski definition) is 2. The number of aromatic nitrogens is 2. The van der Waals surface area contributed by atoms with E-state index in [0.29, 0.717) is 11.8 Å². The summed E-state index contributed by atoms with van der Waals surface area (Å²) in [6.45, 7) is 0.698. The molecule has 0 spiro atoms. The van der Waals surface area contributed by atoms with Crippen molar-refractivity contribution in [3.8, 4) is 5.75 Å². The molecule has 3 nitrogen and oxygen atoms in total. The van der Waals surface area contributed by atoms with Gasteiger partial charge in [0.05, 0.1) is 24.7 Å². The molecule has 0 radical (unpaired) electrons. The van der Waals surface area contributed by atoms with Crippen LogP contribution < -0.4 is 4.74 Å². The first-order valence-corrected chi connectivity index (χ1v) is 6.39. The van der Waals surface area contributed by atoms with Gasteiger partial charge in [-0.25, -0.2) is 4.98 Å². The molecule has 0 fully saturated rings. The summed E-state index contributed by atoms with van der Waals surface area (Å²) in [5.41, 5.74) is 3.04. The van der Waals surface area contributed by atoms with Gasteiger partial charge >= 0.3 is 0 Å². The van der Waals surface area contributed by atoms with Gasteiger partial charge in [0.25, 0.3) is 0 Å². The molecule has 0 aliphatic rings. The van der Waals surface area contributed by atoms with E-state index < -0.39 is 0 Å². The predicted octanol–water partition coefficient (Wildman–Crippen LogP) is 3.75. The lowest BCUT2D eigenvalue weighted by molar-refractivity contribution is 0.415. The van der Waals surface area contributed by atoms with Crippen LogP contribution in [0.5, 0.6) is 5.75 Å². The molecule has 3 rings (SSSR count). The van der Waals surface area contributed by atoms with Crippen molar-refractivity contribution < 1.29 is 4.74 Å². The number of fused-ring (bicyclic) bond motifs is 1. The lowest BCUT2D eigenvalue weighted by Crippen LogP contribution is -1.99. The van der Waals surface area contributed by atoms with E-state index in [2.05, 4.69) is 17.1 Å². The maximum atomic E-state index is 6.22. The molecule has 1 heterocycles. The van der Waals surface area contributed by atoms with Crippen LogP contribution in [0.25, 0.3) is 11.0 Å². The van der Waals surface area contributed by atoms with Gasteiger partial charge < -0.3 is 9.30 Å². The second kappa shape index (κ2) is 4.94. The summed E-state index contributed by atoms with van der Waals surface area (Å²) in [4.78, 5) is 4.36. The number of imidazole rings is 1. The first-order valence-electron chi connectivity index (χ1n) is 6.01. The SMILES string of the molecule is COc1ccc2nc(Cl)n(Cc3ccccc3)c2c1. The fraction of sp³-hybridized carbons (Fsp3) is 0.133. The van der Waals surface area contributed by atoms with E-state index in [0.717, 1.165) is 16.8 Å². The highest BCUT2D eigenvalue weighted by atomic mass is 35.5. The van der Waals surface area contributed by atoms with E-state index in [1.54, 1.807) is 7.11 Å². The molecule has 0 bridgehead atoms. The minimum absolute atomic E-state index is 0.493. The zero-order valence-electron chi connectivity index (χ0n) is 10.5.